The van der Waals surface area contributed by atoms with Gasteiger partial charge in [-0.25, -0.2) is 4.79 Å². The van der Waals surface area contributed by atoms with Crippen LogP contribution in [-0.4, -0.2) is 35.6 Å². The maximum atomic E-state index is 12.5. The summed E-state index contributed by atoms with van der Waals surface area (Å²) in [6, 6.07) is 7.43. The van der Waals surface area contributed by atoms with Gasteiger partial charge in [-0.2, -0.15) is 0 Å². The van der Waals surface area contributed by atoms with Crippen LogP contribution in [0.4, 0.5) is 10.5 Å². The first kappa shape index (κ1) is 19.1. The van der Waals surface area contributed by atoms with E-state index in [-0.39, 0.29) is 24.0 Å². The number of carbonyl (C=O) groups excluding carboxylic acids is 2. The van der Waals surface area contributed by atoms with Crippen molar-refractivity contribution in [2.24, 2.45) is 5.92 Å². The molecule has 2 rings (SSSR count). The number of hydrogen-bond donors (Lipinski definition) is 2. The molecule has 1 unspecified atom stereocenters. The fourth-order valence-corrected chi connectivity index (χ4v) is 2.85. The Kier molecular flexibility index (Phi) is 5.93. The number of piperidine rings is 1. The highest BCUT2D eigenvalue weighted by Crippen LogP contribution is 2.21. The van der Waals surface area contributed by atoms with E-state index in [0.29, 0.717) is 31.6 Å². The summed E-state index contributed by atoms with van der Waals surface area (Å²) in [6.45, 7) is 8.60. The molecule has 6 heteroatoms. The lowest BCUT2D eigenvalue weighted by Gasteiger charge is -2.33. The molecule has 0 aliphatic carbocycles. The van der Waals surface area contributed by atoms with Crippen molar-refractivity contribution in [1.82, 2.24) is 10.2 Å². The lowest BCUT2D eigenvalue weighted by Crippen LogP contribution is -2.45. The number of amides is 2. The summed E-state index contributed by atoms with van der Waals surface area (Å²) in [5.74, 6) is -0.0388. The van der Waals surface area contributed by atoms with Gasteiger partial charge in [-0.3, -0.25) is 4.79 Å². The fourth-order valence-electron chi connectivity index (χ4n) is 2.85. The van der Waals surface area contributed by atoms with Gasteiger partial charge in [0, 0.05) is 24.7 Å². The van der Waals surface area contributed by atoms with Gasteiger partial charge in [0.05, 0.1) is 6.04 Å². The molecule has 0 aromatic heterocycles. The van der Waals surface area contributed by atoms with Gasteiger partial charge in [-0.05, 0) is 58.2 Å². The number of carbonyl (C=O) groups is 2. The zero-order chi connectivity index (χ0) is 18.6. The molecule has 25 heavy (non-hydrogen) atoms. The normalized spacial score (nSPS) is 17.0. The first-order valence-electron chi connectivity index (χ1n) is 8.79. The molecule has 0 spiro atoms. The molecule has 0 saturated carbocycles. The number of rotatable bonds is 3. The molecule has 0 radical (unpaired) electrons. The molecule has 0 bridgehead atoms. The number of benzene rings is 1. The van der Waals surface area contributed by atoms with Crippen LogP contribution in [0.1, 0.15) is 52.1 Å². The second-order valence-corrected chi connectivity index (χ2v) is 7.64. The van der Waals surface area contributed by atoms with Crippen LogP contribution < -0.4 is 11.1 Å². The second-order valence-electron chi connectivity index (χ2n) is 7.64. The molecular weight excluding hydrogens is 318 g/mol. The van der Waals surface area contributed by atoms with Crippen LogP contribution in [0.15, 0.2) is 24.3 Å². The Labute approximate surface area is 149 Å². The van der Waals surface area contributed by atoms with Crippen molar-refractivity contribution in [2.75, 3.05) is 18.8 Å². The van der Waals surface area contributed by atoms with E-state index in [1.165, 1.54) is 0 Å². The molecule has 6 nitrogen and oxygen atoms in total. The molecule has 1 aliphatic heterocycles. The van der Waals surface area contributed by atoms with E-state index in [4.69, 9.17) is 10.5 Å². The molecule has 1 saturated heterocycles. The van der Waals surface area contributed by atoms with Crippen molar-refractivity contribution in [3.05, 3.63) is 29.8 Å². The maximum absolute atomic E-state index is 12.5. The van der Waals surface area contributed by atoms with Crippen molar-refractivity contribution < 1.29 is 14.3 Å². The summed E-state index contributed by atoms with van der Waals surface area (Å²) in [5.41, 5.74) is 6.92. The van der Waals surface area contributed by atoms with Crippen molar-refractivity contribution in [3.63, 3.8) is 0 Å². The quantitative estimate of drug-likeness (QED) is 0.823. The number of nitrogens with zero attached hydrogens (tertiary/aromatic N) is 1. The molecular formula is C19H29N3O3. The zero-order valence-electron chi connectivity index (χ0n) is 15.5. The van der Waals surface area contributed by atoms with E-state index in [9.17, 15) is 9.59 Å². The zero-order valence-corrected chi connectivity index (χ0v) is 15.5. The van der Waals surface area contributed by atoms with Gasteiger partial charge < -0.3 is 20.7 Å². The molecule has 3 N–H and O–H groups in total. The summed E-state index contributed by atoms with van der Waals surface area (Å²) in [5, 5.41) is 3.05. The molecule has 1 fully saturated rings. The van der Waals surface area contributed by atoms with Crippen molar-refractivity contribution >= 4 is 17.7 Å². The minimum atomic E-state index is -0.500. The van der Waals surface area contributed by atoms with Crippen LogP contribution in [0, 0.1) is 5.92 Å². The Hall–Kier alpha value is -2.24. The summed E-state index contributed by atoms with van der Waals surface area (Å²) in [4.78, 5) is 26.2. The van der Waals surface area contributed by atoms with Gasteiger partial charge in [0.1, 0.15) is 5.60 Å². The Morgan fingerprint density at radius 3 is 2.28 bits per heavy atom. The fraction of sp³-hybridized carbons (Fsp3) is 0.579. The van der Waals surface area contributed by atoms with Crippen molar-refractivity contribution in [3.8, 4) is 0 Å². The molecule has 1 aromatic rings. The average Bonchev–Trinajstić information content (AvgIpc) is 2.54. The van der Waals surface area contributed by atoms with Crippen LogP contribution in [-0.2, 0) is 9.53 Å². The number of nitrogen functional groups attached to an aromatic ring is 1. The number of nitrogens with one attached hydrogen (secondary N) is 1. The van der Waals surface area contributed by atoms with E-state index in [0.717, 1.165) is 5.56 Å². The smallest absolute Gasteiger partial charge is 0.410 e. The van der Waals surface area contributed by atoms with Gasteiger partial charge in [0.15, 0.2) is 0 Å². The molecule has 1 aromatic carbocycles. The first-order valence-corrected chi connectivity index (χ1v) is 8.79. The number of anilines is 1. The van der Waals surface area contributed by atoms with Crippen LogP contribution in [0.2, 0.25) is 0 Å². The third-order valence-corrected chi connectivity index (χ3v) is 4.31. The Balaban J connectivity index is 1.82. The second kappa shape index (κ2) is 7.76. The summed E-state index contributed by atoms with van der Waals surface area (Å²) < 4.78 is 5.38. The monoisotopic (exact) mass is 347 g/mol. The summed E-state index contributed by atoms with van der Waals surface area (Å²) in [7, 11) is 0. The third kappa shape index (κ3) is 5.66. The van der Waals surface area contributed by atoms with E-state index < -0.39 is 5.60 Å². The van der Waals surface area contributed by atoms with Crippen LogP contribution >= 0.6 is 0 Å². The Bertz CT molecular complexity index is 599. The number of likely N-dealkylation sites (tertiary alicyclic amines) is 1. The van der Waals surface area contributed by atoms with Gasteiger partial charge in [-0.15, -0.1) is 0 Å². The Morgan fingerprint density at radius 1 is 1.20 bits per heavy atom. The van der Waals surface area contributed by atoms with Gasteiger partial charge in [0.2, 0.25) is 5.91 Å². The van der Waals surface area contributed by atoms with E-state index in [2.05, 4.69) is 5.32 Å². The molecule has 1 heterocycles. The topological polar surface area (TPSA) is 84.7 Å². The first-order chi connectivity index (χ1) is 11.7. The van der Waals surface area contributed by atoms with E-state index in [1.807, 2.05) is 52.0 Å². The van der Waals surface area contributed by atoms with Crippen LogP contribution in [0.25, 0.3) is 0 Å². The summed E-state index contributed by atoms with van der Waals surface area (Å²) >= 11 is 0. The number of nitrogens with two attached hydrogens (primary N) is 1. The minimum Gasteiger partial charge on any atom is -0.444 e. The molecule has 2 amide bonds. The number of ether oxygens (including phenoxy) is 1. The van der Waals surface area contributed by atoms with Crippen LogP contribution in [0.3, 0.4) is 0 Å². The lowest BCUT2D eigenvalue weighted by atomic mass is 9.95. The van der Waals surface area contributed by atoms with Crippen molar-refractivity contribution in [2.45, 2.75) is 52.2 Å². The van der Waals surface area contributed by atoms with E-state index >= 15 is 0 Å². The van der Waals surface area contributed by atoms with E-state index in [1.54, 1.807) is 4.90 Å². The van der Waals surface area contributed by atoms with Gasteiger partial charge >= 0.3 is 6.09 Å². The molecule has 138 valence electrons. The van der Waals surface area contributed by atoms with Gasteiger partial charge in [0.25, 0.3) is 0 Å². The third-order valence-electron chi connectivity index (χ3n) is 4.31. The maximum Gasteiger partial charge on any atom is 0.410 e. The standard InChI is InChI=1S/C19H29N3O3/c1-13(14-5-7-16(20)8-6-14)21-17(23)15-9-11-22(12-10-15)18(24)25-19(2,3)4/h5-8,13,15H,9-12,20H2,1-4H3,(H,21,23). The summed E-state index contributed by atoms with van der Waals surface area (Å²) in [6.07, 6.45) is 1.00. The predicted molar refractivity (Wildman–Crippen MR) is 97.9 cm³/mol. The molecule has 1 aliphatic rings. The predicted octanol–water partition coefficient (Wildman–Crippen LogP) is 3.09. The molecule has 1 atom stereocenters. The largest absolute Gasteiger partial charge is 0.444 e. The Morgan fingerprint density at radius 2 is 1.76 bits per heavy atom. The number of hydrogen-bond acceptors (Lipinski definition) is 4. The van der Waals surface area contributed by atoms with Gasteiger partial charge in [-0.1, -0.05) is 12.1 Å². The minimum absolute atomic E-state index is 0.0353. The average molecular weight is 347 g/mol. The highest BCUT2D eigenvalue weighted by molar-refractivity contribution is 5.79. The van der Waals surface area contributed by atoms with Crippen molar-refractivity contribution in [1.29, 1.82) is 0 Å². The SMILES string of the molecule is CC(NC(=O)C1CCN(C(=O)OC(C)(C)C)CC1)c1ccc(N)cc1. The lowest BCUT2D eigenvalue weighted by molar-refractivity contribution is -0.127. The van der Waals surface area contributed by atoms with Crippen LogP contribution in [0.5, 0.6) is 0 Å². The highest BCUT2D eigenvalue weighted by atomic mass is 16.6. The highest BCUT2D eigenvalue weighted by Gasteiger charge is 2.30.